The Bertz CT molecular complexity index is 1050. The molecule has 0 unspecified atom stereocenters. The number of piperazine rings is 1. The van der Waals surface area contributed by atoms with E-state index in [2.05, 4.69) is 30.3 Å². The van der Waals surface area contributed by atoms with Gasteiger partial charge in [0.2, 0.25) is 11.7 Å². The van der Waals surface area contributed by atoms with Gasteiger partial charge in [0.25, 0.3) is 11.7 Å². The highest BCUT2D eigenvalue weighted by Crippen LogP contribution is 2.27. The molecule has 1 saturated carbocycles. The van der Waals surface area contributed by atoms with Gasteiger partial charge in [0.1, 0.15) is 0 Å². The quantitative estimate of drug-likeness (QED) is 0.656. The SMILES string of the molecule is O=C(NC1CCC(C(=O)N2CCN(c3ccncc3)CC2)CC1)c1nc2ncccn2n1. The molecule has 10 nitrogen and oxygen atoms in total. The van der Waals surface area contributed by atoms with Gasteiger partial charge in [-0.2, -0.15) is 4.98 Å². The van der Waals surface area contributed by atoms with Crippen LogP contribution < -0.4 is 10.2 Å². The topological polar surface area (TPSA) is 109 Å². The van der Waals surface area contributed by atoms with Gasteiger partial charge in [0.05, 0.1) is 0 Å². The van der Waals surface area contributed by atoms with Gasteiger partial charge in [0.15, 0.2) is 0 Å². The number of rotatable bonds is 4. The zero-order valence-electron chi connectivity index (χ0n) is 17.8. The normalized spacial score (nSPS) is 21.5. The van der Waals surface area contributed by atoms with Crippen molar-refractivity contribution in [2.24, 2.45) is 5.92 Å². The molecule has 0 atom stereocenters. The van der Waals surface area contributed by atoms with Crippen molar-refractivity contribution in [2.75, 3.05) is 31.1 Å². The molecule has 2 amide bonds. The standard InChI is InChI=1S/C22H26N8O2/c31-20(19-26-22-24-8-1-11-30(22)27-19)25-17-4-2-16(3-5-17)21(32)29-14-12-28(13-15-29)18-6-9-23-10-7-18/h1,6-11,16-17H,2-5,12-15H2,(H,25,31). The summed E-state index contributed by atoms with van der Waals surface area (Å²) in [4.78, 5) is 42.2. The van der Waals surface area contributed by atoms with Crippen LogP contribution in [0.4, 0.5) is 5.69 Å². The summed E-state index contributed by atoms with van der Waals surface area (Å²) in [6.07, 6.45) is 10.1. The summed E-state index contributed by atoms with van der Waals surface area (Å²) < 4.78 is 1.49. The molecule has 0 aromatic carbocycles. The fourth-order valence-electron chi connectivity index (χ4n) is 4.56. The number of aromatic nitrogens is 5. The van der Waals surface area contributed by atoms with Crippen LogP contribution in [0.5, 0.6) is 0 Å². The first kappa shape index (κ1) is 20.3. The highest BCUT2D eigenvalue weighted by atomic mass is 16.2. The Kier molecular flexibility index (Phi) is 5.66. The molecule has 0 bridgehead atoms. The van der Waals surface area contributed by atoms with Gasteiger partial charge < -0.3 is 15.1 Å². The summed E-state index contributed by atoms with van der Waals surface area (Å²) in [6, 6.07) is 5.78. The zero-order chi connectivity index (χ0) is 21.9. The number of nitrogens with zero attached hydrogens (tertiary/aromatic N) is 7. The number of carbonyl (C=O) groups excluding carboxylic acids is 2. The summed E-state index contributed by atoms with van der Waals surface area (Å²) >= 11 is 0. The molecule has 3 aromatic rings. The number of anilines is 1. The van der Waals surface area contributed by atoms with Crippen LogP contribution in [0.15, 0.2) is 43.0 Å². The first-order valence-corrected chi connectivity index (χ1v) is 11.1. The maximum Gasteiger partial charge on any atom is 0.291 e. The lowest BCUT2D eigenvalue weighted by Gasteiger charge is -2.38. The maximum absolute atomic E-state index is 13.0. The van der Waals surface area contributed by atoms with Crippen LogP contribution in [0.25, 0.3) is 5.78 Å². The van der Waals surface area contributed by atoms with Gasteiger partial charge in [0, 0.05) is 68.6 Å². The smallest absolute Gasteiger partial charge is 0.291 e. The van der Waals surface area contributed by atoms with Gasteiger partial charge in [-0.3, -0.25) is 14.6 Å². The average Bonchev–Trinajstić information content (AvgIpc) is 3.29. The molecule has 1 aliphatic heterocycles. The molecular formula is C22H26N8O2. The van der Waals surface area contributed by atoms with Crippen LogP contribution >= 0.6 is 0 Å². The summed E-state index contributed by atoms with van der Waals surface area (Å²) in [7, 11) is 0. The molecule has 1 saturated heterocycles. The van der Waals surface area contributed by atoms with Crippen LogP contribution in [-0.4, -0.2) is 73.5 Å². The third-order valence-corrected chi connectivity index (χ3v) is 6.35. The predicted molar refractivity (Wildman–Crippen MR) is 117 cm³/mol. The van der Waals surface area contributed by atoms with Gasteiger partial charge >= 0.3 is 0 Å². The van der Waals surface area contributed by atoms with E-state index < -0.39 is 0 Å². The maximum atomic E-state index is 13.0. The van der Waals surface area contributed by atoms with E-state index in [9.17, 15) is 9.59 Å². The van der Waals surface area contributed by atoms with Crippen molar-refractivity contribution in [1.82, 2.24) is 34.8 Å². The van der Waals surface area contributed by atoms with E-state index in [1.165, 1.54) is 4.52 Å². The number of pyridine rings is 1. The second-order valence-electron chi connectivity index (χ2n) is 8.34. The monoisotopic (exact) mass is 434 g/mol. The molecule has 0 spiro atoms. The Labute approximate surface area is 185 Å². The van der Waals surface area contributed by atoms with Crippen molar-refractivity contribution in [1.29, 1.82) is 0 Å². The third kappa shape index (κ3) is 4.25. The van der Waals surface area contributed by atoms with Crippen molar-refractivity contribution in [3.63, 3.8) is 0 Å². The summed E-state index contributed by atoms with van der Waals surface area (Å²) in [5.74, 6) is 0.507. The van der Waals surface area contributed by atoms with Crippen LogP contribution in [0.2, 0.25) is 0 Å². The molecule has 1 aliphatic carbocycles. The second kappa shape index (κ2) is 8.89. The number of carbonyl (C=O) groups is 2. The lowest BCUT2D eigenvalue weighted by atomic mass is 9.85. The fraction of sp³-hybridized carbons (Fsp3) is 0.455. The van der Waals surface area contributed by atoms with Gasteiger partial charge in [-0.15, -0.1) is 5.10 Å². The summed E-state index contributed by atoms with van der Waals surface area (Å²) in [5, 5.41) is 7.19. The van der Waals surface area contributed by atoms with Crippen molar-refractivity contribution in [3.8, 4) is 0 Å². The molecule has 166 valence electrons. The predicted octanol–water partition coefficient (Wildman–Crippen LogP) is 1.16. The van der Waals surface area contributed by atoms with Gasteiger partial charge in [-0.25, -0.2) is 9.50 Å². The van der Waals surface area contributed by atoms with E-state index in [4.69, 9.17) is 0 Å². The summed E-state index contributed by atoms with van der Waals surface area (Å²) in [6.45, 7) is 3.15. The number of nitrogens with one attached hydrogen (secondary N) is 1. The fourth-order valence-corrected chi connectivity index (χ4v) is 4.56. The molecular weight excluding hydrogens is 408 g/mol. The van der Waals surface area contributed by atoms with Crippen molar-refractivity contribution in [3.05, 3.63) is 48.8 Å². The number of fused-ring (bicyclic) bond motifs is 1. The molecule has 0 radical (unpaired) electrons. The minimum atomic E-state index is -0.294. The number of hydrogen-bond donors (Lipinski definition) is 1. The Morgan fingerprint density at radius 2 is 1.72 bits per heavy atom. The molecule has 5 rings (SSSR count). The molecule has 1 N–H and O–H groups in total. The molecule has 2 aliphatic rings. The Morgan fingerprint density at radius 3 is 2.44 bits per heavy atom. The van der Waals surface area contributed by atoms with E-state index in [1.807, 2.05) is 17.0 Å². The Balaban J connectivity index is 1.10. The minimum Gasteiger partial charge on any atom is -0.368 e. The van der Waals surface area contributed by atoms with Crippen molar-refractivity contribution < 1.29 is 9.59 Å². The van der Waals surface area contributed by atoms with E-state index >= 15 is 0 Å². The Morgan fingerprint density at radius 1 is 0.969 bits per heavy atom. The molecule has 4 heterocycles. The number of amides is 2. The van der Waals surface area contributed by atoms with Crippen LogP contribution in [-0.2, 0) is 4.79 Å². The largest absolute Gasteiger partial charge is 0.368 e. The van der Waals surface area contributed by atoms with E-state index in [-0.39, 0.29) is 29.6 Å². The molecule has 2 fully saturated rings. The highest BCUT2D eigenvalue weighted by molar-refractivity contribution is 5.91. The average molecular weight is 435 g/mol. The second-order valence-corrected chi connectivity index (χ2v) is 8.34. The van der Waals surface area contributed by atoms with E-state index in [0.717, 1.165) is 57.5 Å². The highest BCUT2D eigenvalue weighted by Gasteiger charge is 2.32. The summed E-state index contributed by atoms with van der Waals surface area (Å²) in [5.41, 5.74) is 1.15. The molecule has 3 aromatic heterocycles. The van der Waals surface area contributed by atoms with Crippen molar-refractivity contribution >= 4 is 23.3 Å². The van der Waals surface area contributed by atoms with Crippen molar-refractivity contribution in [2.45, 2.75) is 31.7 Å². The van der Waals surface area contributed by atoms with E-state index in [1.54, 1.807) is 30.9 Å². The lowest BCUT2D eigenvalue weighted by Crippen LogP contribution is -2.51. The Hall–Kier alpha value is -3.56. The zero-order valence-corrected chi connectivity index (χ0v) is 17.8. The van der Waals surface area contributed by atoms with Gasteiger partial charge in [-0.1, -0.05) is 0 Å². The van der Waals surface area contributed by atoms with Crippen LogP contribution in [0, 0.1) is 5.92 Å². The van der Waals surface area contributed by atoms with Crippen LogP contribution in [0.1, 0.15) is 36.3 Å². The lowest BCUT2D eigenvalue weighted by molar-refractivity contribution is -0.137. The van der Waals surface area contributed by atoms with Crippen LogP contribution in [0.3, 0.4) is 0 Å². The first-order valence-electron chi connectivity index (χ1n) is 11.1. The van der Waals surface area contributed by atoms with E-state index in [0.29, 0.717) is 5.78 Å². The van der Waals surface area contributed by atoms with Gasteiger partial charge in [-0.05, 0) is 43.9 Å². The minimum absolute atomic E-state index is 0.0353. The molecule has 10 heteroatoms. The molecule has 32 heavy (non-hydrogen) atoms. The first-order chi connectivity index (χ1) is 15.7. The number of hydrogen-bond acceptors (Lipinski definition) is 7. The third-order valence-electron chi connectivity index (χ3n) is 6.35.